The molecule has 0 saturated carbocycles. The number of imidazole rings is 1. The van der Waals surface area contributed by atoms with E-state index in [1.807, 2.05) is 31.2 Å². The number of amides is 1. The van der Waals surface area contributed by atoms with Crippen LogP contribution in [0.1, 0.15) is 39.7 Å². The second kappa shape index (κ2) is 8.92. The number of carbonyl (C=O) groups excluding carboxylic acids is 1. The lowest BCUT2D eigenvalue weighted by atomic mass is 10.1. The van der Waals surface area contributed by atoms with Crippen LogP contribution in [0.25, 0.3) is 21.5 Å². The van der Waals surface area contributed by atoms with E-state index in [1.54, 1.807) is 14.2 Å². The van der Waals surface area contributed by atoms with Gasteiger partial charge in [0, 0.05) is 37.5 Å². The number of rotatable bonds is 6. The smallest absolute Gasteiger partial charge is 0.266 e. The standard InChI is InChI=1S/C24H25N5O3S/c1-14-20-23(32-3)27-18(13-31-2)28-24(20)33-21(14)22(30)25-16-9-7-15(8-10-16)17-12-29-11-5-4-6-19(29)26-17/h7-10,12H,4-6,11,13H2,1-3H3,(H,25,30). The third kappa shape index (κ3) is 4.09. The minimum absolute atomic E-state index is 0.184. The molecule has 0 saturated heterocycles. The molecule has 1 aliphatic heterocycles. The topological polar surface area (TPSA) is 91.2 Å². The van der Waals surface area contributed by atoms with E-state index in [1.165, 1.54) is 24.2 Å². The third-order valence-corrected chi connectivity index (χ3v) is 7.01. The molecule has 0 aliphatic carbocycles. The minimum Gasteiger partial charge on any atom is -0.480 e. The van der Waals surface area contributed by atoms with E-state index in [-0.39, 0.29) is 12.5 Å². The highest BCUT2D eigenvalue weighted by atomic mass is 32.1. The van der Waals surface area contributed by atoms with Crippen LogP contribution in [-0.4, -0.2) is 39.6 Å². The zero-order valence-corrected chi connectivity index (χ0v) is 19.7. The van der Waals surface area contributed by atoms with Gasteiger partial charge >= 0.3 is 0 Å². The van der Waals surface area contributed by atoms with Gasteiger partial charge in [-0.1, -0.05) is 12.1 Å². The number of ether oxygens (including phenoxy) is 2. The fraction of sp³-hybridized carbons (Fsp3) is 0.333. The van der Waals surface area contributed by atoms with Crippen LogP contribution in [0.15, 0.2) is 30.5 Å². The predicted octanol–water partition coefficient (Wildman–Crippen LogP) is 4.61. The number of carbonyl (C=O) groups is 1. The van der Waals surface area contributed by atoms with Gasteiger partial charge in [0.15, 0.2) is 5.82 Å². The molecule has 0 unspecified atom stereocenters. The number of hydrogen-bond donors (Lipinski definition) is 1. The van der Waals surface area contributed by atoms with Gasteiger partial charge in [-0.25, -0.2) is 9.97 Å². The molecule has 4 heterocycles. The van der Waals surface area contributed by atoms with Crippen molar-refractivity contribution in [3.63, 3.8) is 0 Å². The Hall–Kier alpha value is -3.30. The first kappa shape index (κ1) is 21.5. The molecule has 1 N–H and O–H groups in total. The summed E-state index contributed by atoms with van der Waals surface area (Å²) in [6.07, 6.45) is 5.56. The first-order chi connectivity index (χ1) is 16.1. The molecule has 1 aliphatic rings. The molecule has 9 heteroatoms. The highest BCUT2D eigenvalue weighted by Gasteiger charge is 2.21. The predicted molar refractivity (Wildman–Crippen MR) is 128 cm³/mol. The summed E-state index contributed by atoms with van der Waals surface area (Å²) in [6.45, 7) is 3.20. The number of benzene rings is 1. The van der Waals surface area contributed by atoms with Gasteiger partial charge in [0.25, 0.3) is 5.91 Å². The Morgan fingerprint density at radius 2 is 1.97 bits per heavy atom. The lowest BCUT2D eigenvalue weighted by Crippen LogP contribution is -2.11. The third-order valence-electron chi connectivity index (χ3n) is 5.82. The second-order valence-electron chi connectivity index (χ2n) is 8.04. The summed E-state index contributed by atoms with van der Waals surface area (Å²) < 4.78 is 12.8. The minimum atomic E-state index is -0.184. The van der Waals surface area contributed by atoms with Crippen LogP contribution in [0.2, 0.25) is 0 Å². The van der Waals surface area contributed by atoms with Gasteiger partial charge in [0.05, 0.1) is 23.1 Å². The molecule has 0 fully saturated rings. The Balaban J connectivity index is 1.38. The summed E-state index contributed by atoms with van der Waals surface area (Å²) in [5.41, 5.74) is 3.54. The van der Waals surface area contributed by atoms with Gasteiger partial charge in [0.2, 0.25) is 5.88 Å². The Labute approximate surface area is 195 Å². The summed E-state index contributed by atoms with van der Waals surface area (Å²) in [4.78, 5) is 28.1. The molecule has 5 rings (SSSR count). The van der Waals surface area contributed by atoms with Crippen molar-refractivity contribution in [2.24, 2.45) is 0 Å². The van der Waals surface area contributed by atoms with Crippen LogP contribution >= 0.6 is 11.3 Å². The number of nitrogens with one attached hydrogen (secondary N) is 1. The molecule has 0 bridgehead atoms. The summed E-state index contributed by atoms with van der Waals surface area (Å²) in [6, 6.07) is 7.80. The van der Waals surface area contributed by atoms with Crippen LogP contribution in [-0.2, 0) is 24.3 Å². The lowest BCUT2D eigenvalue weighted by Gasteiger charge is -2.11. The molecule has 0 atom stereocenters. The Morgan fingerprint density at radius 1 is 1.15 bits per heavy atom. The molecule has 33 heavy (non-hydrogen) atoms. The van der Waals surface area contributed by atoms with Crippen molar-refractivity contribution in [3.8, 4) is 17.1 Å². The average Bonchev–Trinajstić information content (AvgIpc) is 3.40. The number of nitrogens with zero attached hydrogens (tertiary/aromatic N) is 4. The maximum Gasteiger partial charge on any atom is 0.266 e. The van der Waals surface area contributed by atoms with Crippen LogP contribution < -0.4 is 10.1 Å². The van der Waals surface area contributed by atoms with Crippen molar-refractivity contribution in [1.29, 1.82) is 0 Å². The van der Waals surface area contributed by atoms with Crippen LogP contribution in [0.3, 0.4) is 0 Å². The zero-order chi connectivity index (χ0) is 22.9. The van der Waals surface area contributed by atoms with Gasteiger partial charge in [-0.15, -0.1) is 11.3 Å². The summed E-state index contributed by atoms with van der Waals surface area (Å²) >= 11 is 1.32. The van der Waals surface area contributed by atoms with E-state index >= 15 is 0 Å². The molecule has 1 amide bonds. The second-order valence-corrected chi connectivity index (χ2v) is 9.04. The molecule has 0 spiro atoms. The molecule has 4 aromatic rings. The van der Waals surface area contributed by atoms with Crippen molar-refractivity contribution in [2.45, 2.75) is 39.3 Å². The van der Waals surface area contributed by atoms with Crippen molar-refractivity contribution >= 4 is 33.1 Å². The van der Waals surface area contributed by atoms with E-state index in [0.717, 1.165) is 46.7 Å². The first-order valence-corrected chi connectivity index (χ1v) is 11.7. The number of methoxy groups -OCH3 is 2. The van der Waals surface area contributed by atoms with Crippen LogP contribution in [0.4, 0.5) is 5.69 Å². The number of thiophene rings is 1. The van der Waals surface area contributed by atoms with Gasteiger partial charge in [-0.2, -0.15) is 4.98 Å². The number of fused-ring (bicyclic) bond motifs is 2. The maximum atomic E-state index is 13.1. The Kier molecular flexibility index (Phi) is 5.82. The molecule has 0 radical (unpaired) electrons. The van der Waals surface area contributed by atoms with Crippen LogP contribution in [0.5, 0.6) is 5.88 Å². The zero-order valence-electron chi connectivity index (χ0n) is 18.8. The molecular weight excluding hydrogens is 438 g/mol. The molecule has 3 aromatic heterocycles. The number of aromatic nitrogens is 4. The SMILES string of the molecule is COCc1nc(OC)c2c(C)c(C(=O)Nc3ccc(-c4cn5c(n4)CCCC5)cc3)sc2n1. The first-order valence-electron chi connectivity index (χ1n) is 10.9. The highest BCUT2D eigenvalue weighted by molar-refractivity contribution is 7.20. The van der Waals surface area contributed by atoms with Gasteiger partial charge < -0.3 is 19.4 Å². The fourth-order valence-electron chi connectivity index (χ4n) is 4.17. The molecule has 8 nitrogen and oxygen atoms in total. The molecule has 1 aromatic carbocycles. The number of aryl methyl sites for hydroxylation is 3. The molecular formula is C24H25N5O3S. The van der Waals surface area contributed by atoms with Gasteiger partial charge in [0.1, 0.15) is 17.3 Å². The average molecular weight is 464 g/mol. The summed E-state index contributed by atoms with van der Waals surface area (Å²) in [7, 11) is 3.15. The van der Waals surface area contributed by atoms with Crippen LogP contribution in [0, 0.1) is 6.92 Å². The monoisotopic (exact) mass is 463 g/mol. The summed E-state index contributed by atoms with van der Waals surface area (Å²) in [5.74, 6) is 1.94. The number of anilines is 1. The summed E-state index contributed by atoms with van der Waals surface area (Å²) in [5, 5.41) is 3.75. The van der Waals surface area contributed by atoms with E-state index < -0.39 is 0 Å². The largest absolute Gasteiger partial charge is 0.480 e. The fourth-order valence-corrected chi connectivity index (χ4v) is 5.25. The maximum absolute atomic E-state index is 13.1. The Bertz CT molecular complexity index is 1300. The van der Waals surface area contributed by atoms with Crippen molar-refractivity contribution < 1.29 is 14.3 Å². The molecule has 170 valence electrons. The normalized spacial score (nSPS) is 13.2. The Morgan fingerprint density at radius 3 is 2.70 bits per heavy atom. The van der Waals surface area contributed by atoms with E-state index in [9.17, 15) is 4.79 Å². The van der Waals surface area contributed by atoms with Gasteiger partial charge in [-0.3, -0.25) is 4.79 Å². The van der Waals surface area contributed by atoms with Crippen molar-refractivity contribution in [2.75, 3.05) is 19.5 Å². The highest BCUT2D eigenvalue weighted by Crippen LogP contribution is 2.35. The lowest BCUT2D eigenvalue weighted by molar-refractivity contribution is 0.103. The van der Waals surface area contributed by atoms with Gasteiger partial charge in [-0.05, 0) is 37.5 Å². The van der Waals surface area contributed by atoms with E-state index in [4.69, 9.17) is 14.5 Å². The van der Waals surface area contributed by atoms with Crippen molar-refractivity contribution in [3.05, 3.63) is 52.6 Å². The number of hydrogen-bond acceptors (Lipinski definition) is 7. The van der Waals surface area contributed by atoms with E-state index in [0.29, 0.717) is 21.4 Å². The quantitative estimate of drug-likeness (QED) is 0.449. The van der Waals surface area contributed by atoms with E-state index in [2.05, 4.69) is 26.0 Å². The van der Waals surface area contributed by atoms with Crippen molar-refractivity contribution in [1.82, 2.24) is 19.5 Å².